The van der Waals surface area contributed by atoms with Gasteiger partial charge in [-0.2, -0.15) is 0 Å². The minimum Gasteiger partial charge on any atom is -0.342 e. The number of carbonyl (C=O) groups is 1. The van der Waals surface area contributed by atoms with Gasteiger partial charge in [-0.05, 0) is 46.0 Å². The van der Waals surface area contributed by atoms with Crippen LogP contribution in [-0.2, 0) is 4.79 Å². The minimum atomic E-state index is 0.216. The van der Waals surface area contributed by atoms with Crippen molar-refractivity contribution in [1.82, 2.24) is 9.88 Å². The second-order valence-electron chi connectivity index (χ2n) is 6.30. The van der Waals surface area contributed by atoms with Crippen LogP contribution in [0.4, 0.5) is 0 Å². The number of aromatic nitrogens is 1. The van der Waals surface area contributed by atoms with Crippen molar-refractivity contribution in [2.45, 2.75) is 51.9 Å². The molecule has 1 fully saturated rings. The zero-order valence-corrected chi connectivity index (χ0v) is 13.8. The molecule has 0 aromatic carbocycles. The van der Waals surface area contributed by atoms with Crippen molar-refractivity contribution in [3.05, 3.63) is 27.7 Å². The highest BCUT2D eigenvalue weighted by Crippen LogP contribution is 2.32. The summed E-state index contributed by atoms with van der Waals surface area (Å²) in [5.41, 5.74) is 1.15. The molecule has 1 aliphatic heterocycles. The van der Waals surface area contributed by atoms with Crippen molar-refractivity contribution in [3.63, 3.8) is 0 Å². The first-order valence-electron chi connectivity index (χ1n) is 8.03. The third-order valence-electron chi connectivity index (χ3n) is 4.75. The Hall–Kier alpha value is -1.16. The molecule has 2 heterocycles. The predicted molar refractivity (Wildman–Crippen MR) is 86.6 cm³/mol. The fourth-order valence-corrected chi connectivity index (χ4v) is 4.38. The third-order valence-corrected chi connectivity index (χ3v) is 5.98. The Morgan fingerprint density at radius 3 is 2.86 bits per heavy atom. The van der Waals surface area contributed by atoms with Gasteiger partial charge in [-0.1, -0.05) is 12.2 Å². The quantitative estimate of drug-likeness (QED) is 0.778. The zero-order chi connectivity index (χ0) is 14.8. The molecule has 21 heavy (non-hydrogen) atoms. The molecule has 1 saturated heterocycles. The lowest BCUT2D eigenvalue weighted by Gasteiger charge is -2.34. The average molecular weight is 304 g/mol. The highest BCUT2D eigenvalue weighted by atomic mass is 32.1. The Bertz CT molecular complexity index is 529. The summed E-state index contributed by atoms with van der Waals surface area (Å²) >= 11 is 1.81. The lowest BCUT2D eigenvalue weighted by Crippen LogP contribution is -2.42. The van der Waals surface area contributed by atoms with Crippen LogP contribution in [0.25, 0.3) is 0 Å². The number of carbonyl (C=O) groups excluding carboxylic acids is 1. The van der Waals surface area contributed by atoms with Gasteiger partial charge in [0.1, 0.15) is 0 Å². The summed E-state index contributed by atoms with van der Waals surface area (Å²) < 4.78 is 0. The van der Waals surface area contributed by atoms with Crippen LogP contribution < -0.4 is 0 Å². The first-order valence-corrected chi connectivity index (χ1v) is 8.84. The molecule has 0 unspecified atom stereocenters. The fourth-order valence-electron chi connectivity index (χ4n) is 3.33. The molecule has 2 atom stereocenters. The molecule has 1 aromatic rings. The van der Waals surface area contributed by atoms with E-state index in [0.717, 1.165) is 44.5 Å². The van der Waals surface area contributed by atoms with Crippen LogP contribution >= 0.6 is 11.3 Å². The van der Waals surface area contributed by atoms with Crippen molar-refractivity contribution >= 4 is 17.2 Å². The van der Waals surface area contributed by atoms with E-state index in [1.54, 1.807) is 0 Å². The minimum absolute atomic E-state index is 0.216. The molecule has 114 valence electrons. The van der Waals surface area contributed by atoms with Gasteiger partial charge < -0.3 is 4.90 Å². The summed E-state index contributed by atoms with van der Waals surface area (Å²) in [6, 6.07) is 0. The second-order valence-corrected chi connectivity index (χ2v) is 7.53. The van der Waals surface area contributed by atoms with E-state index in [1.165, 1.54) is 16.3 Å². The van der Waals surface area contributed by atoms with Crippen LogP contribution in [0.15, 0.2) is 12.2 Å². The van der Waals surface area contributed by atoms with Crippen molar-refractivity contribution in [2.24, 2.45) is 5.92 Å². The van der Waals surface area contributed by atoms with E-state index < -0.39 is 0 Å². The number of likely N-dealkylation sites (tertiary alicyclic amines) is 1. The zero-order valence-electron chi connectivity index (χ0n) is 13.0. The molecule has 3 rings (SSSR count). The van der Waals surface area contributed by atoms with Crippen molar-refractivity contribution < 1.29 is 4.79 Å². The van der Waals surface area contributed by atoms with Crippen molar-refractivity contribution in [3.8, 4) is 0 Å². The van der Waals surface area contributed by atoms with Gasteiger partial charge in [0, 0.05) is 29.8 Å². The number of hydrogen-bond donors (Lipinski definition) is 0. The Morgan fingerprint density at radius 1 is 1.33 bits per heavy atom. The average Bonchev–Trinajstić information content (AvgIpc) is 2.87. The Kier molecular flexibility index (Phi) is 4.43. The van der Waals surface area contributed by atoms with E-state index in [1.807, 2.05) is 11.3 Å². The predicted octanol–water partition coefficient (Wildman–Crippen LogP) is 3.82. The summed E-state index contributed by atoms with van der Waals surface area (Å²) in [5.74, 6) is 1.03. The van der Waals surface area contributed by atoms with E-state index in [-0.39, 0.29) is 5.92 Å². The van der Waals surface area contributed by atoms with Crippen LogP contribution in [0.1, 0.15) is 53.6 Å². The number of aryl methyl sites for hydroxylation is 2. The number of thiazole rings is 1. The Morgan fingerprint density at radius 2 is 2.19 bits per heavy atom. The molecular formula is C17H24N2OS. The topological polar surface area (TPSA) is 33.2 Å². The van der Waals surface area contributed by atoms with Crippen LogP contribution in [0.3, 0.4) is 0 Å². The lowest BCUT2D eigenvalue weighted by molar-refractivity contribution is -0.137. The third kappa shape index (κ3) is 3.20. The van der Waals surface area contributed by atoms with Crippen LogP contribution in [0.5, 0.6) is 0 Å². The SMILES string of the molecule is Cc1nc([C@H]2CCCN(C(=O)[C@@H]3CC=CCC3)C2)sc1C. The Labute approximate surface area is 131 Å². The van der Waals surface area contributed by atoms with Gasteiger partial charge in [-0.25, -0.2) is 4.98 Å². The van der Waals surface area contributed by atoms with Gasteiger partial charge in [0.25, 0.3) is 0 Å². The molecule has 0 N–H and O–H groups in total. The molecule has 0 bridgehead atoms. The molecule has 2 aliphatic rings. The number of nitrogens with zero attached hydrogens (tertiary/aromatic N) is 2. The normalized spacial score (nSPS) is 26.1. The van der Waals surface area contributed by atoms with E-state index >= 15 is 0 Å². The van der Waals surface area contributed by atoms with E-state index in [4.69, 9.17) is 4.98 Å². The smallest absolute Gasteiger partial charge is 0.226 e. The molecular weight excluding hydrogens is 280 g/mol. The lowest BCUT2D eigenvalue weighted by atomic mass is 9.91. The first kappa shape index (κ1) is 14.8. The summed E-state index contributed by atoms with van der Waals surface area (Å²) in [6.45, 7) is 6.01. The number of rotatable bonds is 2. The molecule has 0 spiro atoms. The fraction of sp³-hybridized carbons (Fsp3) is 0.647. The molecule has 1 aliphatic carbocycles. The summed E-state index contributed by atoms with van der Waals surface area (Å²) in [6.07, 6.45) is 9.64. The van der Waals surface area contributed by atoms with Crippen LogP contribution in [0, 0.1) is 19.8 Å². The first-order chi connectivity index (χ1) is 10.1. The monoisotopic (exact) mass is 304 g/mol. The largest absolute Gasteiger partial charge is 0.342 e. The van der Waals surface area contributed by atoms with E-state index in [2.05, 4.69) is 30.9 Å². The highest BCUT2D eigenvalue weighted by molar-refractivity contribution is 7.11. The maximum absolute atomic E-state index is 12.7. The van der Waals surface area contributed by atoms with Gasteiger partial charge in [0.15, 0.2) is 0 Å². The standard InChI is InChI=1S/C17H24N2OS/c1-12-13(2)21-16(18-12)15-9-6-10-19(11-15)17(20)14-7-4-3-5-8-14/h3-4,14-15H,5-11H2,1-2H3/t14-,15+/m1/s1. The van der Waals surface area contributed by atoms with E-state index in [0.29, 0.717) is 11.8 Å². The Balaban J connectivity index is 1.67. The number of allylic oxidation sites excluding steroid dienone is 2. The summed E-state index contributed by atoms with van der Waals surface area (Å²) in [7, 11) is 0. The van der Waals surface area contributed by atoms with Crippen LogP contribution in [-0.4, -0.2) is 28.9 Å². The van der Waals surface area contributed by atoms with Gasteiger partial charge in [-0.15, -0.1) is 11.3 Å². The molecule has 0 saturated carbocycles. The summed E-state index contributed by atoms with van der Waals surface area (Å²) in [4.78, 5) is 20.8. The van der Waals surface area contributed by atoms with Gasteiger partial charge >= 0.3 is 0 Å². The molecule has 1 aromatic heterocycles. The van der Waals surface area contributed by atoms with Crippen molar-refractivity contribution in [1.29, 1.82) is 0 Å². The second kappa shape index (κ2) is 6.30. The van der Waals surface area contributed by atoms with E-state index in [9.17, 15) is 4.79 Å². The van der Waals surface area contributed by atoms with Gasteiger partial charge in [0.2, 0.25) is 5.91 Å². The maximum atomic E-state index is 12.7. The molecule has 1 amide bonds. The molecule has 0 radical (unpaired) electrons. The van der Waals surface area contributed by atoms with Gasteiger partial charge in [-0.3, -0.25) is 4.79 Å². The number of piperidine rings is 1. The highest BCUT2D eigenvalue weighted by Gasteiger charge is 2.30. The number of amides is 1. The molecule has 3 nitrogen and oxygen atoms in total. The van der Waals surface area contributed by atoms with Crippen molar-refractivity contribution in [2.75, 3.05) is 13.1 Å². The maximum Gasteiger partial charge on any atom is 0.226 e. The van der Waals surface area contributed by atoms with Crippen LogP contribution in [0.2, 0.25) is 0 Å². The number of hydrogen-bond acceptors (Lipinski definition) is 3. The summed E-state index contributed by atoms with van der Waals surface area (Å²) in [5, 5.41) is 1.23. The molecule has 4 heteroatoms. The van der Waals surface area contributed by atoms with Gasteiger partial charge in [0.05, 0.1) is 10.7 Å².